The van der Waals surface area contributed by atoms with E-state index in [0.717, 1.165) is 5.56 Å². The Morgan fingerprint density at radius 3 is 2.10 bits per heavy atom. The number of benzene rings is 1. The SMILES string of the molecule is COSC1(SOC)C=CC(C(=O)c2ccccc2)C=C1. The van der Waals surface area contributed by atoms with Crippen LogP contribution in [0, 0.1) is 5.92 Å². The molecule has 1 aliphatic rings. The van der Waals surface area contributed by atoms with Crippen LogP contribution in [0.1, 0.15) is 10.4 Å². The van der Waals surface area contributed by atoms with Gasteiger partial charge in [0.25, 0.3) is 0 Å². The Bertz CT molecular complexity index is 489. The normalized spacial score (nSPS) is 17.3. The molecule has 0 unspecified atom stereocenters. The number of ketones is 1. The van der Waals surface area contributed by atoms with Gasteiger partial charge in [-0.25, -0.2) is 0 Å². The average molecular weight is 308 g/mol. The van der Waals surface area contributed by atoms with Gasteiger partial charge in [-0.05, 0) is 0 Å². The topological polar surface area (TPSA) is 35.5 Å². The molecule has 0 radical (unpaired) electrons. The minimum Gasteiger partial charge on any atom is -0.316 e. The fourth-order valence-corrected chi connectivity index (χ4v) is 3.53. The van der Waals surface area contributed by atoms with Crippen molar-refractivity contribution in [3.63, 3.8) is 0 Å². The predicted molar refractivity (Wildman–Crippen MR) is 84.5 cm³/mol. The number of allylic oxidation sites excluding steroid dienone is 2. The highest BCUT2D eigenvalue weighted by molar-refractivity contribution is 8.14. The van der Waals surface area contributed by atoms with E-state index in [1.807, 2.05) is 54.6 Å². The summed E-state index contributed by atoms with van der Waals surface area (Å²) in [7, 11) is 3.23. The first kappa shape index (κ1) is 15.4. The lowest BCUT2D eigenvalue weighted by Crippen LogP contribution is -2.21. The zero-order valence-electron chi connectivity index (χ0n) is 11.3. The summed E-state index contributed by atoms with van der Waals surface area (Å²) in [6.07, 6.45) is 7.68. The maximum absolute atomic E-state index is 12.3. The lowest BCUT2D eigenvalue weighted by molar-refractivity contribution is 0.0964. The summed E-state index contributed by atoms with van der Waals surface area (Å²) >= 11 is 2.57. The van der Waals surface area contributed by atoms with Gasteiger partial charge >= 0.3 is 0 Å². The van der Waals surface area contributed by atoms with Crippen LogP contribution in [0.3, 0.4) is 0 Å². The van der Waals surface area contributed by atoms with E-state index in [4.69, 9.17) is 8.37 Å². The van der Waals surface area contributed by atoms with Crippen LogP contribution in [0.15, 0.2) is 54.6 Å². The number of carbonyl (C=O) groups is 1. The molecule has 0 aromatic heterocycles. The molecule has 20 heavy (non-hydrogen) atoms. The molecule has 0 N–H and O–H groups in total. The van der Waals surface area contributed by atoms with Gasteiger partial charge in [0.05, 0.1) is 20.1 Å². The van der Waals surface area contributed by atoms with Gasteiger partial charge in [-0.1, -0.05) is 54.6 Å². The summed E-state index contributed by atoms with van der Waals surface area (Å²) in [5.74, 6) is -0.142. The number of rotatable bonds is 6. The van der Waals surface area contributed by atoms with E-state index in [9.17, 15) is 4.79 Å². The fraction of sp³-hybridized carbons (Fsp3) is 0.267. The minimum atomic E-state index is -0.434. The maximum Gasteiger partial charge on any atom is 0.173 e. The van der Waals surface area contributed by atoms with E-state index in [1.54, 1.807) is 14.2 Å². The van der Waals surface area contributed by atoms with E-state index in [0.29, 0.717) is 0 Å². The molecule has 0 amide bonds. The van der Waals surface area contributed by atoms with Crippen molar-refractivity contribution in [2.24, 2.45) is 5.92 Å². The molecule has 0 atom stereocenters. The highest BCUT2D eigenvalue weighted by Gasteiger charge is 2.32. The van der Waals surface area contributed by atoms with E-state index < -0.39 is 4.08 Å². The van der Waals surface area contributed by atoms with Crippen LogP contribution in [-0.2, 0) is 8.37 Å². The molecule has 5 heteroatoms. The minimum absolute atomic E-state index is 0.0940. The van der Waals surface area contributed by atoms with E-state index in [1.165, 1.54) is 24.1 Å². The van der Waals surface area contributed by atoms with Crippen LogP contribution in [0.25, 0.3) is 0 Å². The van der Waals surface area contributed by atoms with Crippen LogP contribution >= 0.6 is 24.1 Å². The first-order chi connectivity index (χ1) is 9.71. The van der Waals surface area contributed by atoms with E-state index >= 15 is 0 Å². The Morgan fingerprint density at radius 2 is 1.60 bits per heavy atom. The van der Waals surface area contributed by atoms with Gasteiger partial charge in [0, 0.05) is 29.6 Å². The van der Waals surface area contributed by atoms with Crippen LogP contribution < -0.4 is 0 Å². The van der Waals surface area contributed by atoms with E-state index in [2.05, 4.69) is 0 Å². The molecule has 0 saturated carbocycles. The van der Waals surface area contributed by atoms with Gasteiger partial charge in [-0.15, -0.1) is 0 Å². The Balaban J connectivity index is 2.12. The molecule has 0 saturated heterocycles. The molecular formula is C15H16O3S2. The molecule has 1 aliphatic carbocycles. The van der Waals surface area contributed by atoms with Gasteiger partial charge in [-0.2, -0.15) is 0 Å². The van der Waals surface area contributed by atoms with Crippen molar-refractivity contribution in [2.45, 2.75) is 4.08 Å². The van der Waals surface area contributed by atoms with Gasteiger partial charge in [0.1, 0.15) is 4.08 Å². The Kier molecular flexibility index (Phi) is 5.48. The Morgan fingerprint density at radius 1 is 1.05 bits per heavy atom. The highest BCUT2D eigenvalue weighted by Crippen LogP contribution is 2.43. The predicted octanol–water partition coefficient (Wildman–Crippen LogP) is 3.90. The Hall–Kier alpha value is -1.01. The van der Waals surface area contributed by atoms with Crippen molar-refractivity contribution < 1.29 is 13.2 Å². The van der Waals surface area contributed by atoms with Gasteiger partial charge in [0.15, 0.2) is 5.78 Å². The standard InChI is InChI=1S/C15H16O3S2/c1-17-19-15(20-18-2)10-8-13(9-11-15)14(16)12-6-4-3-5-7-12/h3-11,13H,1-2H3. The van der Waals surface area contributed by atoms with Crippen molar-refractivity contribution in [3.8, 4) is 0 Å². The summed E-state index contributed by atoms with van der Waals surface area (Å²) in [6.45, 7) is 0. The number of carbonyl (C=O) groups excluding carboxylic acids is 1. The van der Waals surface area contributed by atoms with Crippen LogP contribution in [0.4, 0.5) is 0 Å². The van der Waals surface area contributed by atoms with Crippen molar-refractivity contribution >= 4 is 29.9 Å². The summed E-state index contributed by atoms with van der Waals surface area (Å²) in [4.78, 5) is 12.3. The molecule has 0 spiro atoms. The molecule has 0 heterocycles. The first-order valence-electron chi connectivity index (χ1n) is 6.12. The number of Topliss-reactive ketones (excluding diaryl/α,β-unsaturated/α-hetero) is 1. The largest absolute Gasteiger partial charge is 0.316 e. The second-order valence-electron chi connectivity index (χ2n) is 4.20. The second-order valence-corrected chi connectivity index (χ2v) is 6.81. The van der Waals surface area contributed by atoms with Crippen molar-refractivity contribution in [1.29, 1.82) is 0 Å². The molecule has 0 bridgehead atoms. The third-order valence-electron chi connectivity index (χ3n) is 2.86. The molecule has 106 valence electrons. The third kappa shape index (κ3) is 3.55. The quantitative estimate of drug-likeness (QED) is 0.345. The second kappa shape index (κ2) is 7.13. The molecule has 0 aliphatic heterocycles. The summed E-state index contributed by atoms with van der Waals surface area (Å²) in [5, 5.41) is 0. The van der Waals surface area contributed by atoms with Crippen molar-refractivity contribution in [2.75, 3.05) is 14.2 Å². The molecule has 1 aromatic carbocycles. The van der Waals surface area contributed by atoms with Crippen LogP contribution in [0.2, 0.25) is 0 Å². The zero-order chi connectivity index (χ0) is 14.4. The highest BCUT2D eigenvalue weighted by atomic mass is 32.2. The number of hydrogen-bond acceptors (Lipinski definition) is 5. The Labute approximate surface area is 127 Å². The summed E-state index contributed by atoms with van der Waals surface area (Å²) < 4.78 is 9.86. The lowest BCUT2D eigenvalue weighted by atomic mass is 9.93. The summed E-state index contributed by atoms with van der Waals surface area (Å²) in [6, 6.07) is 9.31. The van der Waals surface area contributed by atoms with Crippen molar-refractivity contribution in [1.82, 2.24) is 0 Å². The fourth-order valence-electron chi connectivity index (χ4n) is 1.95. The monoisotopic (exact) mass is 308 g/mol. The molecule has 3 nitrogen and oxygen atoms in total. The van der Waals surface area contributed by atoms with E-state index in [-0.39, 0.29) is 11.7 Å². The molecule has 0 fully saturated rings. The first-order valence-corrected chi connectivity index (χ1v) is 7.61. The summed E-state index contributed by atoms with van der Waals surface area (Å²) in [5.41, 5.74) is 0.720. The molecule has 1 aromatic rings. The van der Waals surface area contributed by atoms with Gasteiger partial charge in [0.2, 0.25) is 0 Å². The molecule has 2 rings (SSSR count). The smallest absolute Gasteiger partial charge is 0.173 e. The average Bonchev–Trinajstić information content (AvgIpc) is 2.49. The third-order valence-corrected chi connectivity index (χ3v) is 4.67. The van der Waals surface area contributed by atoms with Gasteiger partial charge in [-0.3, -0.25) is 4.79 Å². The zero-order valence-corrected chi connectivity index (χ0v) is 12.9. The van der Waals surface area contributed by atoms with Crippen molar-refractivity contribution in [3.05, 3.63) is 60.2 Å². The lowest BCUT2D eigenvalue weighted by Gasteiger charge is -2.26. The maximum atomic E-state index is 12.3. The van der Waals surface area contributed by atoms with Crippen LogP contribution in [0.5, 0.6) is 0 Å². The molecular weight excluding hydrogens is 292 g/mol. The van der Waals surface area contributed by atoms with Crippen LogP contribution in [-0.4, -0.2) is 24.1 Å². The van der Waals surface area contributed by atoms with Gasteiger partial charge < -0.3 is 8.37 Å². The number of hydrogen-bond donors (Lipinski definition) is 0.